The van der Waals surface area contributed by atoms with Gasteiger partial charge in [-0.25, -0.2) is 4.39 Å². The van der Waals surface area contributed by atoms with Gasteiger partial charge in [0, 0.05) is 30.3 Å². The molecule has 1 aromatic carbocycles. The van der Waals surface area contributed by atoms with Crippen molar-refractivity contribution in [3.8, 4) is 5.75 Å². The Kier molecular flexibility index (Phi) is 3.81. The van der Waals surface area contributed by atoms with E-state index in [2.05, 4.69) is 5.32 Å². The molecule has 0 aromatic heterocycles. The Hall–Kier alpha value is -1.33. The zero-order valence-corrected chi connectivity index (χ0v) is 9.83. The van der Waals surface area contributed by atoms with Gasteiger partial charge < -0.3 is 20.5 Å². The Bertz CT molecular complexity index is 392. The number of rotatable bonds is 4. The van der Waals surface area contributed by atoms with Crippen molar-refractivity contribution < 1.29 is 13.9 Å². The summed E-state index contributed by atoms with van der Waals surface area (Å²) >= 11 is 0. The van der Waals surface area contributed by atoms with Crippen LogP contribution in [-0.4, -0.2) is 26.4 Å². The molecule has 94 valence electrons. The molecule has 3 N–H and O–H groups in total. The van der Waals surface area contributed by atoms with Gasteiger partial charge >= 0.3 is 0 Å². The molecule has 5 heteroatoms. The Morgan fingerprint density at radius 1 is 1.59 bits per heavy atom. The van der Waals surface area contributed by atoms with E-state index in [0.29, 0.717) is 25.4 Å². The van der Waals surface area contributed by atoms with Crippen molar-refractivity contribution in [3.05, 3.63) is 23.5 Å². The maximum atomic E-state index is 13.8. The molecule has 1 atom stereocenters. The quantitative estimate of drug-likeness (QED) is 0.779. The summed E-state index contributed by atoms with van der Waals surface area (Å²) in [6.07, 6.45) is 0.728. The molecule has 1 heterocycles. The molecule has 1 fully saturated rings. The highest BCUT2D eigenvalue weighted by Gasteiger charge is 2.21. The van der Waals surface area contributed by atoms with E-state index in [4.69, 9.17) is 15.2 Å². The van der Waals surface area contributed by atoms with E-state index in [0.717, 1.165) is 12.0 Å². The van der Waals surface area contributed by atoms with E-state index in [1.54, 1.807) is 13.1 Å². The number of benzene rings is 1. The molecule has 2 rings (SSSR count). The molecule has 4 nitrogen and oxygen atoms in total. The highest BCUT2D eigenvalue weighted by Crippen LogP contribution is 2.28. The molecule has 1 saturated heterocycles. The van der Waals surface area contributed by atoms with E-state index in [9.17, 15) is 4.39 Å². The van der Waals surface area contributed by atoms with Crippen LogP contribution < -0.4 is 15.8 Å². The van der Waals surface area contributed by atoms with E-state index in [1.807, 2.05) is 0 Å². The lowest BCUT2D eigenvalue weighted by Gasteiger charge is -2.16. The minimum Gasteiger partial charge on any atom is -0.485 e. The molecular weight excluding hydrogens is 223 g/mol. The molecule has 0 unspecified atom stereocenters. The summed E-state index contributed by atoms with van der Waals surface area (Å²) in [5, 5.41) is 2.97. The minimum atomic E-state index is -0.415. The second kappa shape index (κ2) is 5.33. The maximum absolute atomic E-state index is 13.8. The van der Waals surface area contributed by atoms with Crippen LogP contribution in [-0.2, 0) is 11.3 Å². The van der Waals surface area contributed by atoms with Gasteiger partial charge in [-0.3, -0.25) is 0 Å². The third-order valence-corrected chi connectivity index (χ3v) is 2.68. The van der Waals surface area contributed by atoms with Crippen LogP contribution in [0.25, 0.3) is 0 Å². The second-order valence-corrected chi connectivity index (χ2v) is 4.12. The molecule has 0 saturated carbocycles. The molecule has 0 amide bonds. The number of nitrogens with two attached hydrogens (primary N) is 1. The number of nitrogens with one attached hydrogen (secondary N) is 1. The van der Waals surface area contributed by atoms with Crippen LogP contribution in [0, 0.1) is 5.82 Å². The van der Waals surface area contributed by atoms with E-state index < -0.39 is 5.82 Å². The van der Waals surface area contributed by atoms with Gasteiger partial charge in [0.2, 0.25) is 0 Å². The number of anilines is 1. The maximum Gasteiger partial charge on any atom is 0.167 e. The summed E-state index contributed by atoms with van der Waals surface area (Å²) in [5.74, 6) is -0.133. The highest BCUT2D eigenvalue weighted by molar-refractivity contribution is 5.49. The number of hydrogen-bond acceptors (Lipinski definition) is 4. The van der Waals surface area contributed by atoms with Crippen LogP contribution in [0.1, 0.15) is 12.0 Å². The number of ether oxygens (including phenoxy) is 2. The summed E-state index contributed by atoms with van der Waals surface area (Å²) in [5.41, 5.74) is 6.76. The fourth-order valence-electron chi connectivity index (χ4n) is 1.90. The average Bonchev–Trinajstić information content (AvgIpc) is 2.76. The Morgan fingerprint density at radius 2 is 2.41 bits per heavy atom. The van der Waals surface area contributed by atoms with Gasteiger partial charge in [0.1, 0.15) is 6.10 Å². The van der Waals surface area contributed by atoms with Gasteiger partial charge in [0.05, 0.1) is 13.2 Å². The molecule has 1 aliphatic rings. The summed E-state index contributed by atoms with van der Waals surface area (Å²) < 4.78 is 24.7. The molecule has 0 spiro atoms. The fraction of sp³-hybridized carbons (Fsp3) is 0.500. The molecular formula is C12H17FN2O2. The minimum absolute atomic E-state index is 0.0660. The second-order valence-electron chi connectivity index (χ2n) is 4.12. The SMILES string of the molecule is CNCc1cc(N)cc(F)c1O[C@@H]1CCOC1. The van der Waals surface area contributed by atoms with Crippen molar-refractivity contribution in [2.75, 3.05) is 26.0 Å². The standard InChI is InChI=1S/C12H17FN2O2/c1-15-6-8-4-9(14)5-11(13)12(8)17-10-2-3-16-7-10/h4-5,10,15H,2-3,6-7,14H2,1H3/t10-/m1/s1. The van der Waals surface area contributed by atoms with Crippen LogP contribution in [0.2, 0.25) is 0 Å². The molecule has 0 aliphatic carbocycles. The predicted molar refractivity (Wildman–Crippen MR) is 63.4 cm³/mol. The third-order valence-electron chi connectivity index (χ3n) is 2.68. The van der Waals surface area contributed by atoms with E-state index in [-0.39, 0.29) is 11.9 Å². The first-order valence-electron chi connectivity index (χ1n) is 5.67. The van der Waals surface area contributed by atoms with Crippen molar-refractivity contribution in [2.24, 2.45) is 0 Å². The van der Waals surface area contributed by atoms with Gasteiger partial charge in [-0.1, -0.05) is 0 Å². The molecule has 0 bridgehead atoms. The lowest BCUT2D eigenvalue weighted by Crippen LogP contribution is -2.19. The van der Waals surface area contributed by atoms with Gasteiger partial charge in [0.15, 0.2) is 11.6 Å². The largest absolute Gasteiger partial charge is 0.485 e. The van der Waals surface area contributed by atoms with Crippen LogP contribution in [0.3, 0.4) is 0 Å². The smallest absolute Gasteiger partial charge is 0.167 e. The molecule has 1 aromatic rings. The molecule has 17 heavy (non-hydrogen) atoms. The fourth-order valence-corrected chi connectivity index (χ4v) is 1.90. The zero-order chi connectivity index (χ0) is 12.3. The van der Waals surface area contributed by atoms with Gasteiger partial charge in [-0.05, 0) is 13.1 Å². The molecule has 0 radical (unpaired) electrons. The van der Waals surface area contributed by atoms with E-state index >= 15 is 0 Å². The normalized spacial score (nSPS) is 19.5. The van der Waals surface area contributed by atoms with Crippen LogP contribution in [0.5, 0.6) is 5.75 Å². The highest BCUT2D eigenvalue weighted by atomic mass is 19.1. The first-order valence-corrected chi connectivity index (χ1v) is 5.67. The Labute approximate surface area is 99.9 Å². The first-order chi connectivity index (χ1) is 8.20. The lowest BCUT2D eigenvalue weighted by atomic mass is 10.1. The summed E-state index contributed by atoms with van der Waals surface area (Å²) in [4.78, 5) is 0. The van der Waals surface area contributed by atoms with Crippen molar-refractivity contribution in [1.82, 2.24) is 5.32 Å². The van der Waals surface area contributed by atoms with E-state index in [1.165, 1.54) is 6.07 Å². The van der Waals surface area contributed by atoms with Crippen LogP contribution in [0.15, 0.2) is 12.1 Å². The lowest BCUT2D eigenvalue weighted by molar-refractivity contribution is 0.137. The van der Waals surface area contributed by atoms with Crippen molar-refractivity contribution in [2.45, 2.75) is 19.1 Å². The van der Waals surface area contributed by atoms with Crippen LogP contribution >= 0.6 is 0 Å². The Morgan fingerprint density at radius 3 is 3.06 bits per heavy atom. The van der Waals surface area contributed by atoms with Crippen LogP contribution in [0.4, 0.5) is 10.1 Å². The third kappa shape index (κ3) is 2.87. The van der Waals surface area contributed by atoms with Crippen molar-refractivity contribution >= 4 is 5.69 Å². The predicted octanol–water partition coefficient (Wildman–Crippen LogP) is 1.29. The zero-order valence-electron chi connectivity index (χ0n) is 9.83. The Balaban J connectivity index is 2.22. The van der Waals surface area contributed by atoms with Gasteiger partial charge in [-0.15, -0.1) is 0 Å². The number of halogens is 1. The van der Waals surface area contributed by atoms with Crippen molar-refractivity contribution in [1.29, 1.82) is 0 Å². The van der Waals surface area contributed by atoms with Gasteiger partial charge in [-0.2, -0.15) is 0 Å². The monoisotopic (exact) mass is 240 g/mol. The summed E-state index contributed by atoms with van der Waals surface area (Å²) in [6, 6.07) is 3.01. The first kappa shape index (κ1) is 12.1. The van der Waals surface area contributed by atoms with Gasteiger partial charge in [0.25, 0.3) is 0 Å². The topological polar surface area (TPSA) is 56.5 Å². The number of nitrogen functional groups attached to an aromatic ring is 1. The van der Waals surface area contributed by atoms with Crippen molar-refractivity contribution in [3.63, 3.8) is 0 Å². The summed E-state index contributed by atoms with van der Waals surface area (Å²) in [6.45, 7) is 1.70. The molecule has 1 aliphatic heterocycles. The number of hydrogen-bond donors (Lipinski definition) is 2. The summed E-state index contributed by atoms with van der Waals surface area (Å²) in [7, 11) is 1.80. The average molecular weight is 240 g/mol.